The van der Waals surface area contributed by atoms with Gasteiger partial charge in [0.05, 0.1) is 18.2 Å². The van der Waals surface area contributed by atoms with Crippen molar-refractivity contribution in [3.05, 3.63) is 33.2 Å². The van der Waals surface area contributed by atoms with Crippen LogP contribution in [0.1, 0.15) is 23.0 Å². The number of benzene rings is 1. The molecule has 0 aliphatic rings. The zero-order valence-corrected chi connectivity index (χ0v) is 14.9. The summed E-state index contributed by atoms with van der Waals surface area (Å²) >= 11 is 3.97. The van der Waals surface area contributed by atoms with E-state index in [4.69, 9.17) is 9.47 Å². The molecule has 1 amide bonds. The Morgan fingerprint density at radius 2 is 2.12 bits per heavy atom. The first-order chi connectivity index (χ1) is 11.3. The second kappa shape index (κ2) is 7.39. The Bertz CT molecular complexity index is 749. The fraction of sp³-hybridized carbons (Fsp3) is 0.286. The molecule has 0 unspecified atom stereocenters. The van der Waals surface area contributed by atoms with Crippen molar-refractivity contribution in [1.82, 2.24) is 4.98 Å². The first-order valence-electron chi connectivity index (χ1n) is 6.60. The SMILES string of the molecule is CCOc1c(Br)cc(C(=O)Nc2nc(C(F)(F)F)cs2)cc1OC. The zero-order chi connectivity index (χ0) is 17.9. The fourth-order valence-corrected chi connectivity index (χ4v) is 3.03. The van der Waals surface area contributed by atoms with Crippen LogP contribution >= 0.6 is 27.3 Å². The number of alkyl halides is 3. The fourth-order valence-electron chi connectivity index (χ4n) is 1.77. The van der Waals surface area contributed by atoms with Gasteiger partial charge in [0, 0.05) is 10.9 Å². The minimum absolute atomic E-state index is 0.142. The molecule has 0 bridgehead atoms. The molecular weight excluding hydrogens is 413 g/mol. The Morgan fingerprint density at radius 1 is 1.42 bits per heavy atom. The molecule has 1 aromatic heterocycles. The van der Waals surface area contributed by atoms with E-state index in [-0.39, 0.29) is 10.7 Å². The highest BCUT2D eigenvalue weighted by Gasteiger charge is 2.34. The van der Waals surface area contributed by atoms with Crippen LogP contribution in [-0.4, -0.2) is 24.6 Å². The van der Waals surface area contributed by atoms with Crippen molar-refractivity contribution in [2.45, 2.75) is 13.1 Å². The van der Waals surface area contributed by atoms with Crippen LogP contribution in [0.4, 0.5) is 18.3 Å². The van der Waals surface area contributed by atoms with E-state index in [9.17, 15) is 18.0 Å². The molecule has 130 valence electrons. The quantitative estimate of drug-likeness (QED) is 0.762. The number of hydrogen-bond acceptors (Lipinski definition) is 5. The summed E-state index contributed by atoms with van der Waals surface area (Å²) in [7, 11) is 1.42. The number of halogens is 4. The second-order valence-corrected chi connectivity index (χ2v) is 6.12. The smallest absolute Gasteiger partial charge is 0.434 e. The van der Waals surface area contributed by atoms with Crippen molar-refractivity contribution in [2.24, 2.45) is 0 Å². The van der Waals surface area contributed by atoms with E-state index in [2.05, 4.69) is 26.2 Å². The zero-order valence-electron chi connectivity index (χ0n) is 12.5. The van der Waals surface area contributed by atoms with Crippen molar-refractivity contribution in [3.8, 4) is 11.5 Å². The Balaban J connectivity index is 2.24. The van der Waals surface area contributed by atoms with E-state index >= 15 is 0 Å². The van der Waals surface area contributed by atoms with E-state index in [0.717, 1.165) is 5.38 Å². The normalized spacial score (nSPS) is 11.2. The summed E-state index contributed by atoms with van der Waals surface area (Å²) in [6, 6.07) is 2.92. The standard InChI is InChI=1S/C14H12BrF3N2O3S/c1-3-23-11-8(15)4-7(5-9(11)22-2)12(21)20-13-19-10(6-24-13)14(16,17)18/h4-6H,3H2,1-2H3,(H,19,20,21). The number of anilines is 1. The molecular formula is C14H12BrF3N2O3S. The number of amides is 1. The summed E-state index contributed by atoms with van der Waals surface area (Å²) in [5.41, 5.74) is -0.862. The third kappa shape index (κ3) is 4.18. The molecule has 0 aliphatic carbocycles. The van der Waals surface area contributed by atoms with Gasteiger partial charge in [-0.25, -0.2) is 4.98 Å². The Kier molecular flexibility index (Phi) is 5.70. The lowest BCUT2D eigenvalue weighted by atomic mass is 10.2. The Hall–Kier alpha value is -1.81. The van der Waals surface area contributed by atoms with E-state index in [1.807, 2.05) is 0 Å². The third-order valence-corrected chi connectivity index (χ3v) is 4.14. The second-order valence-electron chi connectivity index (χ2n) is 4.41. The van der Waals surface area contributed by atoms with Crippen LogP contribution in [0.2, 0.25) is 0 Å². The highest BCUT2D eigenvalue weighted by molar-refractivity contribution is 9.10. The summed E-state index contributed by atoms with van der Waals surface area (Å²) in [6.45, 7) is 2.20. The number of nitrogens with zero attached hydrogens (tertiary/aromatic N) is 1. The van der Waals surface area contributed by atoms with Crippen molar-refractivity contribution >= 4 is 38.3 Å². The molecule has 1 aromatic carbocycles. The van der Waals surface area contributed by atoms with E-state index < -0.39 is 17.8 Å². The molecule has 1 N–H and O–H groups in total. The third-order valence-electron chi connectivity index (χ3n) is 2.80. The van der Waals surface area contributed by atoms with Gasteiger partial charge in [-0.1, -0.05) is 0 Å². The summed E-state index contributed by atoms with van der Waals surface area (Å²) in [6.07, 6.45) is -4.55. The predicted octanol–water partition coefficient (Wildman–Crippen LogP) is 4.58. The molecule has 10 heteroatoms. The van der Waals surface area contributed by atoms with Crippen molar-refractivity contribution < 1.29 is 27.4 Å². The highest BCUT2D eigenvalue weighted by Crippen LogP contribution is 2.37. The number of carbonyl (C=O) groups is 1. The number of methoxy groups -OCH3 is 1. The predicted molar refractivity (Wildman–Crippen MR) is 86.9 cm³/mol. The summed E-state index contributed by atoms with van der Waals surface area (Å²) < 4.78 is 48.7. The molecule has 0 saturated carbocycles. The molecule has 2 aromatic rings. The van der Waals surface area contributed by atoms with Crippen LogP contribution in [0, 0.1) is 0 Å². The summed E-state index contributed by atoms with van der Waals surface area (Å²) in [5.74, 6) is 0.150. The molecule has 0 aliphatic heterocycles. The molecule has 0 fully saturated rings. The lowest BCUT2D eigenvalue weighted by Gasteiger charge is -2.13. The number of rotatable bonds is 5. The lowest BCUT2D eigenvalue weighted by molar-refractivity contribution is -0.140. The average molecular weight is 425 g/mol. The maximum absolute atomic E-state index is 12.5. The van der Waals surface area contributed by atoms with Crippen molar-refractivity contribution in [2.75, 3.05) is 19.0 Å². The maximum atomic E-state index is 12.5. The minimum Gasteiger partial charge on any atom is -0.493 e. The molecule has 0 saturated heterocycles. The molecule has 1 heterocycles. The lowest BCUT2D eigenvalue weighted by Crippen LogP contribution is -2.13. The average Bonchev–Trinajstić information content (AvgIpc) is 2.97. The minimum atomic E-state index is -4.55. The highest BCUT2D eigenvalue weighted by atomic mass is 79.9. The first kappa shape index (κ1) is 18.5. The van der Waals surface area contributed by atoms with Gasteiger partial charge in [0.25, 0.3) is 5.91 Å². The van der Waals surface area contributed by atoms with Gasteiger partial charge in [0.15, 0.2) is 22.3 Å². The van der Waals surface area contributed by atoms with Crippen LogP contribution in [0.5, 0.6) is 11.5 Å². The maximum Gasteiger partial charge on any atom is 0.434 e. The van der Waals surface area contributed by atoms with Crippen LogP contribution in [0.15, 0.2) is 22.0 Å². The van der Waals surface area contributed by atoms with Gasteiger partial charge < -0.3 is 9.47 Å². The molecule has 24 heavy (non-hydrogen) atoms. The van der Waals surface area contributed by atoms with Crippen molar-refractivity contribution in [3.63, 3.8) is 0 Å². The van der Waals surface area contributed by atoms with E-state index in [1.165, 1.54) is 19.2 Å². The van der Waals surface area contributed by atoms with E-state index in [0.29, 0.717) is 33.9 Å². The van der Waals surface area contributed by atoms with Crippen LogP contribution in [-0.2, 0) is 6.18 Å². The Labute approximate surface area is 147 Å². The van der Waals surface area contributed by atoms with Gasteiger partial charge in [0.1, 0.15) is 0 Å². The monoisotopic (exact) mass is 424 g/mol. The molecule has 0 radical (unpaired) electrons. The van der Waals surface area contributed by atoms with Gasteiger partial charge in [-0.15, -0.1) is 11.3 Å². The number of hydrogen-bond donors (Lipinski definition) is 1. The Morgan fingerprint density at radius 3 is 2.67 bits per heavy atom. The molecule has 2 rings (SSSR count). The number of thiazole rings is 1. The number of carbonyl (C=O) groups excluding carboxylic acids is 1. The van der Waals surface area contributed by atoms with Gasteiger partial charge in [0.2, 0.25) is 0 Å². The van der Waals surface area contributed by atoms with Gasteiger partial charge in [-0.05, 0) is 35.0 Å². The molecule has 5 nitrogen and oxygen atoms in total. The van der Waals surface area contributed by atoms with E-state index in [1.54, 1.807) is 6.92 Å². The van der Waals surface area contributed by atoms with Crippen LogP contribution < -0.4 is 14.8 Å². The van der Waals surface area contributed by atoms with Crippen LogP contribution in [0.25, 0.3) is 0 Å². The summed E-state index contributed by atoms with van der Waals surface area (Å²) in [5, 5.41) is 3.03. The van der Waals surface area contributed by atoms with Gasteiger partial charge >= 0.3 is 6.18 Å². The molecule has 0 spiro atoms. The van der Waals surface area contributed by atoms with Gasteiger partial charge in [-0.2, -0.15) is 13.2 Å². The summed E-state index contributed by atoms with van der Waals surface area (Å²) in [4.78, 5) is 15.6. The topological polar surface area (TPSA) is 60.5 Å². The number of aromatic nitrogens is 1. The molecule has 0 atom stereocenters. The van der Waals surface area contributed by atoms with Crippen LogP contribution in [0.3, 0.4) is 0 Å². The van der Waals surface area contributed by atoms with Gasteiger partial charge in [-0.3, -0.25) is 10.1 Å². The number of ether oxygens (including phenoxy) is 2. The number of nitrogens with one attached hydrogen (secondary N) is 1. The first-order valence-corrected chi connectivity index (χ1v) is 8.28. The largest absolute Gasteiger partial charge is 0.493 e. The van der Waals surface area contributed by atoms with Crippen molar-refractivity contribution in [1.29, 1.82) is 0 Å².